The first-order chi connectivity index (χ1) is 9.40. The lowest BCUT2D eigenvalue weighted by atomic mass is 9.99. The predicted octanol–water partition coefficient (Wildman–Crippen LogP) is 3.90. The van der Waals surface area contributed by atoms with Crippen LogP contribution in [0.15, 0.2) is 24.3 Å². The molecule has 0 heterocycles. The summed E-state index contributed by atoms with van der Waals surface area (Å²) in [6.45, 7) is 5.69. The average Bonchev–Trinajstić information content (AvgIpc) is 2.42. The number of hydrogen-bond acceptors (Lipinski definition) is 3. The van der Waals surface area contributed by atoms with Crippen LogP contribution in [0.4, 0.5) is 13.2 Å². The maximum Gasteiger partial charge on any atom is 0.416 e. The van der Waals surface area contributed by atoms with Gasteiger partial charge in [-0.15, -0.1) is 0 Å². The topological polar surface area (TPSA) is 50.1 Å². The maximum atomic E-state index is 12.3. The molecule has 1 unspecified atom stereocenters. The number of esters is 1. The fourth-order valence-electron chi connectivity index (χ4n) is 1.35. The maximum absolute atomic E-state index is 12.3. The van der Waals surface area contributed by atoms with Crippen LogP contribution in [0, 0.1) is 11.3 Å². The molecule has 1 rings (SSSR count). The second-order valence-electron chi connectivity index (χ2n) is 3.43. The summed E-state index contributed by atoms with van der Waals surface area (Å²) >= 11 is 0. The molecule has 0 aliphatic rings. The minimum Gasteiger partial charge on any atom is -0.465 e. The van der Waals surface area contributed by atoms with Gasteiger partial charge in [0.05, 0.1) is 18.2 Å². The van der Waals surface area contributed by atoms with Gasteiger partial charge in [0.25, 0.3) is 0 Å². The van der Waals surface area contributed by atoms with Gasteiger partial charge >= 0.3 is 12.1 Å². The summed E-state index contributed by atoms with van der Waals surface area (Å²) in [5, 5.41) is 8.83. The van der Waals surface area contributed by atoms with Crippen molar-refractivity contribution in [1.29, 1.82) is 5.26 Å². The fourth-order valence-corrected chi connectivity index (χ4v) is 1.35. The van der Waals surface area contributed by atoms with E-state index in [1.807, 2.05) is 13.8 Å². The zero-order chi connectivity index (χ0) is 15.8. The van der Waals surface area contributed by atoms with Crippen LogP contribution in [0.3, 0.4) is 0 Å². The molecule has 6 heteroatoms. The Bertz CT molecular complexity index is 461. The monoisotopic (exact) mass is 287 g/mol. The number of hydrogen-bond donors (Lipinski definition) is 0. The Morgan fingerprint density at radius 2 is 1.80 bits per heavy atom. The number of alkyl halides is 3. The Morgan fingerprint density at radius 3 is 2.15 bits per heavy atom. The summed E-state index contributed by atoms with van der Waals surface area (Å²) in [6.07, 6.45) is -4.44. The molecule has 3 nitrogen and oxygen atoms in total. The standard InChI is InChI=1S/C12H10F3NO2.C2H6/c1-2-18-11(17)10(7-16)8-3-5-9(6-4-8)12(13,14)15;1-2/h3-6,10H,2H2,1H3;1-2H3. The van der Waals surface area contributed by atoms with Crippen molar-refractivity contribution < 1.29 is 22.7 Å². The zero-order valence-electron chi connectivity index (χ0n) is 11.5. The number of carbonyl (C=O) groups is 1. The molecule has 0 amide bonds. The van der Waals surface area contributed by atoms with Gasteiger partial charge in [-0.05, 0) is 24.6 Å². The van der Waals surface area contributed by atoms with Crippen LogP contribution in [-0.4, -0.2) is 12.6 Å². The van der Waals surface area contributed by atoms with Gasteiger partial charge in [0, 0.05) is 0 Å². The van der Waals surface area contributed by atoms with E-state index in [-0.39, 0.29) is 12.2 Å². The molecule has 0 bridgehead atoms. The number of carbonyl (C=O) groups excluding carboxylic acids is 1. The van der Waals surface area contributed by atoms with Gasteiger partial charge < -0.3 is 4.74 Å². The predicted molar refractivity (Wildman–Crippen MR) is 67.8 cm³/mol. The van der Waals surface area contributed by atoms with Crippen LogP contribution in [-0.2, 0) is 15.7 Å². The molecule has 0 spiro atoms. The van der Waals surface area contributed by atoms with Crippen LogP contribution in [0.2, 0.25) is 0 Å². The van der Waals surface area contributed by atoms with Crippen molar-refractivity contribution in [3.63, 3.8) is 0 Å². The van der Waals surface area contributed by atoms with E-state index in [0.29, 0.717) is 0 Å². The van der Waals surface area contributed by atoms with Crippen molar-refractivity contribution in [2.45, 2.75) is 32.9 Å². The lowest BCUT2D eigenvalue weighted by molar-refractivity contribution is -0.143. The number of benzene rings is 1. The SMILES string of the molecule is CC.CCOC(=O)C(C#N)c1ccc(C(F)(F)F)cc1. The highest BCUT2D eigenvalue weighted by molar-refractivity contribution is 5.81. The lowest BCUT2D eigenvalue weighted by Crippen LogP contribution is -2.14. The second-order valence-corrected chi connectivity index (χ2v) is 3.43. The molecule has 1 aromatic carbocycles. The van der Waals surface area contributed by atoms with Gasteiger partial charge in [0.2, 0.25) is 0 Å². The third-order valence-corrected chi connectivity index (χ3v) is 2.22. The highest BCUT2D eigenvalue weighted by atomic mass is 19.4. The van der Waals surface area contributed by atoms with Crippen molar-refractivity contribution in [2.75, 3.05) is 6.61 Å². The minimum absolute atomic E-state index is 0.109. The molecule has 0 radical (unpaired) electrons. The Morgan fingerprint density at radius 1 is 1.30 bits per heavy atom. The number of ether oxygens (including phenoxy) is 1. The molecule has 0 saturated carbocycles. The molecular weight excluding hydrogens is 271 g/mol. The van der Waals surface area contributed by atoms with E-state index in [0.717, 1.165) is 24.3 Å². The molecule has 110 valence electrons. The number of rotatable bonds is 3. The Balaban J connectivity index is 0.00000172. The lowest BCUT2D eigenvalue weighted by Gasteiger charge is -2.10. The average molecular weight is 287 g/mol. The second kappa shape index (κ2) is 8.20. The Labute approximate surface area is 116 Å². The molecule has 20 heavy (non-hydrogen) atoms. The van der Waals surface area contributed by atoms with Gasteiger partial charge in [-0.3, -0.25) is 4.79 Å². The fraction of sp³-hybridized carbons (Fsp3) is 0.429. The van der Waals surface area contributed by atoms with Crippen LogP contribution in [0.5, 0.6) is 0 Å². The first kappa shape index (κ1) is 18.0. The minimum atomic E-state index is -4.44. The van der Waals surface area contributed by atoms with E-state index in [1.165, 1.54) is 0 Å². The largest absolute Gasteiger partial charge is 0.465 e. The molecule has 1 atom stereocenters. The van der Waals surface area contributed by atoms with E-state index in [4.69, 9.17) is 5.26 Å². The van der Waals surface area contributed by atoms with Crippen molar-refractivity contribution in [3.8, 4) is 6.07 Å². The molecule has 0 saturated heterocycles. The zero-order valence-corrected chi connectivity index (χ0v) is 11.5. The molecule has 0 aromatic heterocycles. The summed E-state index contributed by atoms with van der Waals surface area (Å²) < 4.78 is 41.6. The van der Waals surface area contributed by atoms with Gasteiger partial charge in [0.15, 0.2) is 5.92 Å². The van der Waals surface area contributed by atoms with Gasteiger partial charge in [0.1, 0.15) is 0 Å². The third kappa shape index (κ3) is 4.92. The van der Waals surface area contributed by atoms with Crippen LogP contribution < -0.4 is 0 Å². The normalized spacial score (nSPS) is 11.7. The summed E-state index contributed by atoms with van der Waals surface area (Å²) in [5.74, 6) is -1.97. The van der Waals surface area contributed by atoms with Gasteiger partial charge in [-0.25, -0.2) is 0 Å². The van der Waals surface area contributed by atoms with Crippen molar-refractivity contribution in [1.82, 2.24) is 0 Å². The highest BCUT2D eigenvalue weighted by Crippen LogP contribution is 2.30. The van der Waals surface area contributed by atoms with E-state index in [2.05, 4.69) is 4.74 Å². The van der Waals surface area contributed by atoms with Crippen molar-refractivity contribution in [3.05, 3.63) is 35.4 Å². The first-order valence-electron chi connectivity index (χ1n) is 6.13. The van der Waals surface area contributed by atoms with E-state index >= 15 is 0 Å². The van der Waals surface area contributed by atoms with Gasteiger partial charge in [-0.2, -0.15) is 18.4 Å². The van der Waals surface area contributed by atoms with E-state index in [1.54, 1.807) is 13.0 Å². The Hall–Kier alpha value is -2.03. The van der Waals surface area contributed by atoms with Crippen molar-refractivity contribution >= 4 is 5.97 Å². The van der Waals surface area contributed by atoms with E-state index in [9.17, 15) is 18.0 Å². The Kier molecular flexibility index (Phi) is 7.37. The number of halogens is 3. The summed E-state index contributed by atoms with van der Waals surface area (Å²) in [5.41, 5.74) is -0.643. The number of nitriles is 1. The molecular formula is C14H16F3NO2. The summed E-state index contributed by atoms with van der Waals surface area (Å²) in [7, 11) is 0. The molecule has 0 aliphatic carbocycles. The first-order valence-corrected chi connectivity index (χ1v) is 6.13. The molecule has 1 aromatic rings. The molecule has 0 N–H and O–H groups in total. The summed E-state index contributed by atoms with van der Waals surface area (Å²) in [4.78, 5) is 11.4. The highest BCUT2D eigenvalue weighted by Gasteiger charge is 2.31. The van der Waals surface area contributed by atoms with Gasteiger partial charge in [-0.1, -0.05) is 26.0 Å². The number of nitrogens with zero attached hydrogens (tertiary/aromatic N) is 1. The quantitative estimate of drug-likeness (QED) is 0.792. The smallest absolute Gasteiger partial charge is 0.416 e. The molecule has 0 fully saturated rings. The molecule has 0 aliphatic heterocycles. The van der Waals surface area contributed by atoms with E-state index < -0.39 is 23.6 Å². The van der Waals surface area contributed by atoms with Crippen molar-refractivity contribution in [2.24, 2.45) is 0 Å². The van der Waals surface area contributed by atoms with Crippen LogP contribution in [0.1, 0.15) is 37.8 Å². The third-order valence-electron chi connectivity index (χ3n) is 2.22. The summed E-state index contributed by atoms with van der Waals surface area (Å²) in [6, 6.07) is 5.58. The van der Waals surface area contributed by atoms with Crippen LogP contribution >= 0.6 is 0 Å². The van der Waals surface area contributed by atoms with Crippen LogP contribution in [0.25, 0.3) is 0 Å².